The Labute approximate surface area is 248 Å². The molecule has 0 fully saturated rings. The lowest BCUT2D eigenvalue weighted by atomic mass is 9.96. The molecule has 0 radical (unpaired) electrons. The molecule has 2 aromatic carbocycles. The zero-order chi connectivity index (χ0) is 29.4. The molecule has 0 bridgehead atoms. The first-order valence-corrected chi connectivity index (χ1v) is 15.0. The lowest BCUT2D eigenvalue weighted by molar-refractivity contribution is -0.143. The van der Waals surface area contributed by atoms with Crippen molar-refractivity contribution in [3.05, 3.63) is 107 Å². The molecule has 0 saturated carbocycles. The third-order valence-electron chi connectivity index (χ3n) is 6.40. The number of hydrogen-bond donors (Lipinski definition) is 1. The molecule has 0 unspecified atom stereocenters. The molecular formula is C30H25ClN2O6S2. The van der Waals surface area contributed by atoms with Crippen LogP contribution >= 0.6 is 34.7 Å². The van der Waals surface area contributed by atoms with Gasteiger partial charge in [-0.3, -0.25) is 9.36 Å². The van der Waals surface area contributed by atoms with Crippen molar-refractivity contribution in [1.82, 2.24) is 4.57 Å². The Balaban J connectivity index is 1.60. The number of halogens is 1. The van der Waals surface area contributed by atoms with Gasteiger partial charge in [-0.05, 0) is 69.0 Å². The van der Waals surface area contributed by atoms with E-state index in [1.54, 1.807) is 56.8 Å². The summed E-state index contributed by atoms with van der Waals surface area (Å²) in [7, 11) is 0. The smallest absolute Gasteiger partial charge is 0.338 e. The normalized spacial score (nSPS) is 15.2. The fraction of sp³-hybridized carbons (Fsp3) is 0.200. The van der Waals surface area contributed by atoms with Crippen molar-refractivity contribution < 1.29 is 23.8 Å². The summed E-state index contributed by atoms with van der Waals surface area (Å²) in [6, 6.07) is 15.0. The van der Waals surface area contributed by atoms with E-state index in [9.17, 15) is 19.5 Å². The van der Waals surface area contributed by atoms with Crippen molar-refractivity contribution in [2.45, 2.75) is 37.8 Å². The molecule has 3 heterocycles. The topological polar surface area (TPSA) is 111 Å². The van der Waals surface area contributed by atoms with Crippen LogP contribution in [-0.2, 0) is 9.53 Å². The van der Waals surface area contributed by atoms with Crippen LogP contribution in [0.15, 0.2) is 85.0 Å². The van der Waals surface area contributed by atoms with Crippen LogP contribution in [0.25, 0.3) is 17.4 Å². The van der Waals surface area contributed by atoms with Crippen LogP contribution in [-0.4, -0.2) is 34.0 Å². The van der Waals surface area contributed by atoms with E-state index in [2.05, 4.69) is 4.99 Å². The Bertz CT molecular complexity index is 1880. The van der Waals surface area contributed by atoms with E-state index >= 15 is 0 Å². The Hall–Kier alpha value is -3.86. The molecule has 5 rings (SSSR count). The lowest BCUT2D eigenvalue weighted by Crippen LogP contribution is -2.40. The lowest BCUT2D eigenvalue weighted by Gasteiger charge is -2.25. The van der Waals surface area contributed by atoms with Crippen molar-refractivity contribution in [2.75, 3.05) is 6.26 Å². The molecule has 1 N–H and O–H groups in total. The molecule has 11 heteroatoms. The number of aromatic nitrogens is 1. The summed E-state index contributed by atoms with van der Waals surface area (Å²) in [6.45, 7) is 5.30. The van der Waals surface area contributed by atoms with Gasteiger partial charge in [0.1, 0.15) is 11.5 Å². The highest BCUT2D eigenvalue weighted by Crippen LogP contribution is 2.32. The van der Waals surface area contributed by atoms with E-state index in [0.29, 0.717) is 37.7 Å². The van der Waals surface area contributed by atoms with Gasteiger partial charge < -0.3 is 14.3 Å². The first-order valence-electron chi connectivity index (χ1n) is 12.6. The molecule has 8 nitrogen and oxygen atoms in total. The summed E-state index contributed by atoms with van der Waals surface area (Å²) in [5.41, 5.74) is 1.84. The van der Waals surface area contributed by atoms with Crippen LogP contribution in [0.2, 0.25) is 5.02 Å². The number of thioether (sulfide) groups is 1. The van der Waals surface area contributed by atoms with E-state index in [1.807, 2.05) is 30.5 Å². The van der Waals surface area contributed by atoms with Crippen molar-refractivity contribution in [3.8, 4) is 11.3 Å². The molecular weight excluding hydrogens is 584 g/mol. The van der Waals surface area contributed by atoms with E-state index in [0.717, 1.165) is 10.5 Å². The number of fused-ring (bicyclic) bond motifs is 1. The van der Waals surface area contributed by atoms with Crippen LogP contribution < -0.4 is 14.9 Å². The molecule has 0 spiro atoms. The van der Waals surface area contributed by atoms with Crippen LogP contribution in [0.3, 0.4) is 0 Å². The number of hydrogen-bond acceptors (Lipinski definition) is 8. The summed E-state index contributed by atoms with van der Waals surface area (Å²) >= 11 is 8.92. The largest absolute Gasteiger partial charge is 0.478 e. The van der Waals surface area contributed by atoms with Crippen molar-refractivity contribution in [1.29, 1.82) is 0 Å². The molecule has 0 saturated heterocycles. The van der Waals surface area contributed by atoms with Gasteiger partial charge in [0, 0.05) is 16.5 Å². The average molecular weight is 609 g/mol. The minimum atomic E-state index is -1.12. The summed E-state index contributed by atoms with van der Waals surface area (Å²) in [6.07, 6.45) is 3.27. The van der Waals surface area contributed by atoms with Gasteiger partial charge in [-0.2, -0.15) is 0 Å². The minimum absolute atomic E-state index is 0.00659. The highest BCUT2D eigenvalue weighted by molar-refractivity contribution is 7.98. The number of ether oxygens (including phenoxy) is 1. The van der Waals surface area contributed by atoms with Gasteiger partial charge in [0.25, 0.3) is 5.56 Å². The number of carboxylic acid groups (broad SMARTS) is 1. The van der Waals surface area contributed by atoms with Crippen molar-refractivity contribution in [2.24, 2.45) is 4.99 Å². The van der Waals surface area contributed by atoms with Gasteiger partial charge in [-0.1, -0.05) is 41.1 Å². The van der Waals surface area contributed by atoms with E-state index < -0.39 is 18.0 Å². The van der Waals surface area contributed by atoms with Gasteiger partial charge in [0.15, 0.2) is 4.80 Å². The van der Waals surface area contributed by atoms with Crippen molar-refractivity contribution in [3.63, 3.8) is 0 Å². The number of rotatable bonds is 7. The molecule has 2 aromatic heterocycles. The van der Waals surface area contributed by atoms with E-state index in [1.165, 1.54) is 28.0 Å². The first kappa shape index (κ1) is 28.7. The van der Waals surface area contributed by atoms with Crippen molar-refractivity contribution >= 4 is 52.7 Å². The van der Waals surface area contributed by atoms with Gasteiger partial charge in [-0.25, -0.2) is 14.6 Å². The van der Waals surface area contributed by atoms with Gasteiger partial charge in [-0.15, -0.1) is 11.8 Å². The number of nitrogens with zero attached hydrogens (tertiary/aromatic N) is 2. The SMILES string of the molecule is CSc1ccc([C@@H]2C(C(=O)OC(C)C)=C(C)N=c3s/c(=C\c4ccc(-c5ccc(C(=O)O)c(Cl)c5)o4)c(=O)n32)cc1. The predicted molar refractivity (Wildman–Crippen MR) is 159 cm³/mol. The third-order valence-corrected chi connectivity index (χ3v) is 8.44. The minimum Gasteiger partial charge on any atom is -0.478 e. The molecule has 41 heavy (non-hydrogen) atoms. The fourth-order valence-electron chi connectivity index (χ4n) is 4.52. The molecule has 1 aliphatic heterocycles. The Morgan fingerprint density at radius 1 is 1.17 bits per heavy atom. The molecule has 210 valence electrons. The Kier molecular flexibility index (Phi) is 8.08. The Morgan fingerprint density at radius 2 is 1.90 bits per heavy atom. The summed E-state index contributed by atoms with van der Waals surface area (Å²) < 4.78 is 13.4. The first-order chi connectivity index (χ1) is 19.6. The fourth-order valence-corrected chi connectivity index (χ4v) is 6.21. The summed E-state index contributed by atoms with van der Waals surface area (Å²) in [5, 5.41) is 9.32. The number of carbonyl (C=O) groups excluding carboxylic acids is 1. The maximum atomic E-state index is 13.8. The number of allylic oxidation sites excluding steroid dienone is 1. The molecule has 4 aromatic rings. The third kappa shape index (κ3) is 5.68. The maximum absolute atomic E-state index is 13.8. The standard InChI is InChI=1S/C30H25ClN2O6S2/c1-15(2)38-29(37)25-16(3)32-30-33(26(25)17-5-9-20(40-4)10-6-17)27(34)24(41-30)14-19-8-12-23(39-19)18-7-11-21(28(35)36)22(31)13-18/h5-15,26H,1-4H3,(H,35,36)/b24-14-/t26-/m1/s1. The predicted octanol–water partition coefficient (Wildman–Crippen LogP) is 5.52. The highest BCUT2D eigenvalue weighted by Gasteiger charge is 2.33. The average Bonchev–Trinajstić information content (AvgIpc) is 3.51. The number of esters is 1. The number of carboxylic acids is 1. The zero-order valence-electron chi connectivity index (χ0n) is 22.5. The molecule has 1 atom stereocenters. The highest BCUT2D eigenvalue weighted by atomic mass is 35.5. The Morgan fingerprint density at radius 3 is 2.54 bits per heavy atom. The summed E-state index contributed by atoms with van der Waals surface area (Å²) in [4.78, 5) is 44.5. The zero-order valence-corrected chi connectivity index (χ0v) is 24.9. The van der Waals surface area contributed by atoms with Crippen LogP contribution in [0.1, 0.15) is 48.5 Å². The van der Waals surface area contributed by atoms with Gasteiger partial charge in [0.05, 0.1) is 38.5 Å². The second-order valence-corrected chi connectivity index (χ2v) is 11.8. The van der Waals surface area contributed by atoms with E-state index in [4.69, 9.17) is 20.8 Å². The number of benzene rings is 2. The van der Waals surface area contributed by atoms with Crippen LogP contribution in [0.5, 0.6) is 0 Å². The number of furan rings is 1. The van der Waals surface area contributed by atoms with Crippen LogP contribution in [0, 0.1) is 0 Å². The summed E-state index contributed by atoms with van der Waals surface area (Å²) in [5.74, 6) is -0.756. The molecule has 0 aliphatic carbocycles. The number of carbonyl (C=O) groups is 2. The van der Waals surface area contributed by atoms with Gasteiger partial charge >= 0.3 is 11.9 Å². The van der Waals surface area contributed by atoms with E-state index in [-0.39, 0.29) is 22.2 Å². The van der Waals surface area contributed by atoms with Gasteiger partial charge in [0.2, 0.25) is 0 Å². The molecule has 0 amide bonds. The monoisotopic (exact) mass is 608 g/mol. The quantitative estimate of drug-likeness (QED) is 0.217. The number of thiazole rings is 1. The second kappa shape index (κ2) is 11.6. The molecule has 1 aliphatic rings. The van der Waals surface area contributed by atoms with Crippen LogP contribution in [0.4, 0.5) is 0 Å². The number of aromatic carboxylic acids is 1. The maximum Gasteiger partial charge on any atom is 0.338 e. The second-order valence-electron chi connectivity index (χ2n) is 9.51.